The van der Waals surface area contributed by atoms with Gasteiger partial charge in [0.25, 0.3) is 0 Å². The highest BCUT2D eigenvalue weighted by Crippen LogP contribution is 2.25. The van der Waals surface area contributed by atoms with Gasteiger partial charge in [0.05, 0.1) is 11.1 Å². The first-order valence-electron chi connectivity index (χ1n) is 8.55. The molecule has 5 nitrogen and oxygen atoms in total. The van der Waals surface area contributed by atoms with Gasteiger partial charge in [-0.3, -0.25) is 0 Å². The first-order valence-corrected chi connectivity index (χ1v) is 8.55. The van der Waals surface area contributed by atoms with Gasteiger partial charge in [-0.1, -0.05) is 36.4 Å². The SMILES string of the molecule is Cc1ccccc1C(=O)Oc1cccc(Nc2ncnc3ccccc23)c1. The van der Waals surface area contributed by atoms with Gasteiger partial charge in [-0.25, -0.2) is 14.8 Å². The van der Waals surface area contributed by atoms with Gasteiger partial charge in [-0.2, -0.15) is 0 Å². The van der Waals surface area contributed by atoms with Crippen LogP contribution < -0.4 is 10.1 Å². The number of carbonyl (C=O) groups is 1. The summed E-state index contributed by atoms with van der Waals surface area (Å²) in [6.45, 7) is 1.88. The van der Waals surface area contributed by atoms with Gasteiger partial charge in [0.15, 0.2) is 0 Å². The first-order chi connectivity index (χ1) is 13.2. The Kier molecular flexibility index (Phi) is 4.49. The number of aromatic nitrogens is 2. The van der Waals surface area contributed by atoms with Crippen molar-refractivity contribution in [1.29, 1.82) is 0 Å². The molecule has 0 spiro atoms. The molecule has 4 rings (SSSR count). The average molecular weight is 355 g/mol. The predicted octanol–water partition coefficient (Wildman–Crippen LogP) is 4.90. The lowest BCUT2D eigenvalue weighted by atomic mass is 10.1. The first kappa shape index (κ1) is 16.7. The molecule has 1 aromatic heterocycles. The number of aryl methyl sites for hydroxylation is 1. The Hall–Kier alpha value is -3.73. The van der Waals surface area contributed by atoms with E-state index in [1.807, 2.05) is 61.5 Å². The highest BCUT2D eigenvalue weighted by Gasteiger charge is 2.11. The van der Waals surface area contributed by atoms with Crippen LogP contribution in [0.1, 0.15) is 15.9 Å². The number of hydrogen-bond acceptors (Lipinski definition) is 5. The molecule has 0 aliphatic heterocycles. The lowest BCUT2D eigenvalue weighted by molar-refractivity contribution is 0.0734. The van der Waals surface area contributed by atoms with Crippen LogP contribution in [0.4, 0.5) is 11.5 Å². The summed E-state index contributed by atoms with van der Waals surface area (Å²) in [5.41, 5.74) is 3.06. The fraction of sp³-hybridized carbons (Fsp3) is 0.0455. The Labute approximate surface area is 156 Å². The number of rotatable bonds is 4. The second-order valence-corrected chi connectivity index (χ2v) is 6.10. The summed E-state index contributed by atoms with van der Waals surface area (Å²) in [5, 5.41) is 4.19. The smallest absolute Gasteiger partial charge is 0.343 e. The molecule has 0 aliphatic rings. The highest BCUT2D eigenvalue weighted by atomic mass is 16.5. The molecule has 0 aliphatic carbocycles. The van der Waals surface area contributed by atoms with E-state index in [1.54, 1.807) is 18.2 Å². The minimum atomic E-state index is -0.377. The summed E-state index contributed by atoms with van der Waals surface area (Å²) in [4.78, 5) is 21.0. The van der Waals surface area contributed by atoms with E-state index in [-0.39, 0.29) is 5.97 Å². The van der Waals surface area contributed by atoms with Crippen molar-refractivity contribution < 1.29 is 9.53 Å². The Balaban J connectivity index is 1.58. The molecule has 0 saturated heterocycles. The zero-order chi connectivity index (χ0) is 18.6. The molecule has 0 atom stereocenters. The Morgan fingerprint density at radius 1 is 0.926 bits per heavy atom. The van der Waals surface area contributed by atoms with E-state index in [0.29, 0.717) is 17.1 Å². The third kappa shape index (κ3) is 3.62. The lowest BCUT2D eigenvalue weighted by Crippen LogP contribution is -2.10. The fourth-order valence-electron chi connectivity index (χ4n) is 2.84. The molecule has 0 saturated carbocycles. The number of nitrogens with one attached hydrogen (secondary N) is 1. The van der Waals surface area contributed by atoms with Crippen molar-refractivity contribution in [2.75, 3.05) is 5.32 Å². The molecule has 132 valence electrons. The van der Waals surface area contributed by atoms with E-state index in [4.69, 9.17) is 4.74 Å². The van der Waals surface area contributed by atoms with Crippen molar-refractivity contribution >= 4 is 28.4 Å². The molecular weight excluding hydrogens is 338 g/mol. The van der Waals surface area contributed by atoms with Crippen LogP contribution >= 0.6 is 0 Å². The molecule has 4 aromatic rings. The van der Waals surface area contributed by atoms with Crippen molar-refractivity contribution in [3.05, 3.63) is 90.3 Å². The number of anilines is 2. The highest BCUT2D eigenvalue weighted by molar-refractivity contribution is 5.93. The number of hydrogen-bond donors (Lipinski definition) is 1. The Morgan fingerprint density at radius 3 is 2.63 bits per heavy atom. The van der Waals surface area contributed by atoms with E-state index < -0.39 is 0 Å². The van der Waals surface area contributed by atoms with Gasteiger partial charge in [0, 0.05) is 17.1 Å². The van der Waals surface area contributed by atoms with Crippen molar-refractivity contribution in [3.63, 3.8) is 0 Å². The Morgan fingerprint density at radius 2 is 1.74 bits per heavy atom. The average Bonchev–Trinajstić information content (AvgIpc) is 2.69. The molecule has 3 aromatic carbocycles. The molecule has 27 heavy (non-hydrogen) atoms. The zero-order valence-corrected chi connectivity index (χ0v) is 14.7. The van der Waals surface area contributed by atoms with Crippen molar-refractivity contribution in [2.45, 2.75) is 6.92 Å². The summed E-state index contributed by atoms with van der Waals surface area (Å²) in [7, 11) is 0. The number of esters is 1. The van der Waals surface area contributed by atoms with Crippen LogP contribution in [0, 0.1) is 6.92 Å². The number of fused-ring (bicyclic) bond motifs is 1. The maximum Gasteiger partial charge on any atom is 0.343 e. The van der Waals surface area contributed by atoms with E-state index in [0.717, 1.165) is 22.2 Å². The third-order valence-electron chi connectivity index (χ3n) is 4.22. The van der Waals surface area contributed by atoms with Gasteiger partial charge in [-0.15, -0.1) is 0 Å². The van der Waals surface area contributed by atoms with Crippen LogP contribution in [0.3, 0.4) is 0 Å². The molecular formula is C22H17N3O2. The van der Waals surface area contributed by atoms with E-state index in [2.05, 4.69) is 15.3 Å². The second-order valence-electron chi connectivity index (χ2n) is 6.10. The quantitative estimate of drug-likeness (QED) is 0.417. The maximum absolute atomic E-state index is 12.4. The second kappa shape index (κ2) is 7.25. The molecule has 0 amide bonds. The van der Waals surface area contributed by atoms with E-state index in [1.165, 1.54) is 6.33 Å². The summed E-state index contributed by atoms with van der Waals surface area (Å²) >= 11 is 0. The monoisotopic (exact) mass is 355 g/mol. The van der Waals surface area contributed by atoms with Crippen molar-refractivity contribution in [1.82, 2.24) is 9.97 Å². The normalized spacial score (nSPS) is 10.6. The van der Waals surface area contributed by atoms with Crippen LogP contribution in [-0.2, 0) is 0 Å². The van der Waals surface area contributed by atoms with Crippen LogP contribution in [0.25, 0.3) is 10.9 Å². The van der Waals surface area contributed by atoms with Gasteiger partial charge in [-0.05, 0) is 42.8 Å². The molecule has 1 heterocycles. The zero-order valence-electron chi connectivity index (χ0n) is 14.7. The van der Waals surface area contributed by atoms with Crippen LogP contribution in [-0.4, -0.2) is 15.9 Å². The van der Waals surface area contributed by atoms with Crippen molar-refractivity contribution in [2.24, 2.45) is 0 Å². The summed E-state index contributed by atoms with van der Waals surface area (Å²) in [5.74, 6) is 0.785. The fourth-order valence-corrected chi connectivity index (χ4v) is 2.84. The van der Waals surface area contributed by atoms with Gasteiger partial charge in [0.1, 0.15) is 17.9 Å². The minimum absolute atomic E-state index is 0.377. The number of nitrogens with zero attached hydrogens (tertiary/aromatic N) is 2. The standard InChI is InChI=1S/C22H17N3O2/c1-15-7-2-3-10-18(15)22(26)27-17-9-6-8-16(13-17)25-21-19-11-4-5-12-20(19)23-14-24-21/h2-14H,1H3,(H,23,24,25). The van der Waals surface area contributed by atoms with Crippen LogP contribution in [0.5, 0.6) is 5.75 Å². The molecule has 0 unspecified atom stereocenters. The Bertz CT molecular complexity index is 1120. The minimum Gasteiger partial charge on any atom is -0.423 e. The molecule has 0 fully saturated rings. The van der Waals surface area contributed by atoms with E-state index in [9.17, 15) is 4.79 Å². The maximum atomic E-state index is 12.4. The third-order valence-corrected chi connectivity index (χ3v) is 4.22. The molecule has 0 bridgehead atoms. The molecule has 5 heteroatoms. The van der Waals surface area contributed by atoms with Gasteiger partial charge < -0.3 is 10.1 Å². The largest absolute Gasteiger partial charge is 0.423 e. The lowest BCUT2D eigenvalue weighted by Gasteiger charge is -2.10. The molecule has 0 radical (unpaired) electrons. The van der Waals surface area contributed by atoms with E-state index >= 15 is 0 Å². The number of ether oxygens (including phenoxy) is 1. The number of para-hydroxylation sites is 1. The predicted molar refractivity (Wildman–Crippen MR) is 105 cm³/mol. The van der Waals surface area contributed by atoms with Crippen LogP contribution in [0.15, 0.2) is 79.1 Å². The van der Waals surface area contributed by atoms with Crippen molar-refractivity contribution in [3.8, 4) is 5.75 Å². The summed E-state index contributed by atoms with van der Waals surface area (Å²) < 4.78 is 5.54. The van der Waals surface area contributed by atoms with Crippen LogP contribution in [0.2, 0.25) is 0 Å². The van der Waals surface area contributed by atoms with Gasteiger partial charge in [0.2, 0.25) is 0 Å². The number of carbonyl (C=O) groups excluding carboxylic acids is 1. The molecule has 1 N–H and O–H groups in total. The summed E-state index contributed by atoms with van der Waals surface area (Å²) in [6.07, 6.45) is 1.52. The topological polar surface area (TPSA) is 64.1 Å². The number of benzene rings is 3. The van der Waals surface area contributed by atoms with Gasteiger partial charge >= 0.3 is 5.97 Å². The summed E-state index contributed by atoms with van der Waals surface area (Å²) in [6, 6.07) is 22.4.